The summed E-state index contributed by atoms with van der Waals surface area (Å²) in [5.41, 5.74) is 5.61. The van der Waals surface area contributed by atoms with Crippen molar-refractivity contribution in [1.82, 2.24) is 19.4 Å². The van der Waals surface area contributed by atoms with Crippen LogP contribution in [0.4, 0.5) is 0 Å². The van der Waals surface area contributed by atoms with Crippen LogP contribution < -0.4 is 0 Å². The van der Waals surface area contributed by atoms with E-state index in [1.807, 2.05) is 12.4 Å². The number of nitrogens with zero attached hydrogens (tertiary/aromatic N) is 4. The highest BCUT2D eigenvalue weighted by Gasteiger charge is 2.42. The molecular formula is C31H42N4O. The van der Waals surface area contributed by atoms with Crippen molar-refractivity contribution in [3.63, 3.8) is 0 Å². The molecule has 0 radical (unpaired) electrons. The number of amides is 1. The molecule has 2 aromatic heterocycles. The molecule has 1 amide bonds. The zero-order valence-corrected chi connectivity index (χ0v) is 22.7. The van der Waals surface area contributed by atoms with E-state index in [4.69, 9.17) is 0 Å². The van der Waals surface area contributed by atoms with Crippen molar-refractivity contribution in [3.8, 4) is 0 Å². The number of carbonyl (C=O) groups is 1. The van der Waals surface area contributed by atoms with Gasteiger partial charge in [-0.25, -0.2) is 0 Å². The maximum atomic E-state index is 13.8. The number of carbonyl (C=O) groups excluding carboxylic acids is 1. The van der Waals surface area contributed by atoms with Crippen LogP contribution in [0.15, 0.2) is 48.9 Å². The smallest absolute Gasteiger partial charge is 0.226 e. The number of rotatable bonds is 8. The summed E-state index contributed by atoms with van der Waals surface area (Å²) in [4.78, 5) is 22.6. The van der Waals surface area contributed by atoms with Gasteiger partial charge in [-0.05, 0) is 94.3 Å². The van der Waals surface area contributed by atoms with Crippen molar-refractivity contribution >= 4 is 16.8 Å². The predicted octanol–water partition coefficient (Wildman–Crippen LogP) is 5.69. The van der Waals surface area contributed by atoms with Gasteiger partial charge in [0, 0.05) is 67.1 Å². The molecule has 1 aromatic carbocycles. The molecule has 1 aliphatic carbocycles. The molecule has 0 saturated carbocycles. The largest absolute Gasteiger partial charge is 0.345 e. The molecule has 2 aliphatic rings. The summed E-state index contributed by atoms with van der Waals surface area (Å²) in [6.07, 6.45) is 10.3. The highest BCUT2D eigenvalue weighted by molar-refractivity contribution is 5.89. The second kappa shape index (κ2) is 10.4. The van der Waals surface area contributed by atoms with E-state index >= 15 is 0 Å². The van der Waals surface area contributed by atoms with Crippen LogP contribution in [0.2, 0.25) is 0 Å². The molecule has 4 atom stereocenters. The second-order valence-electron chi connectivity index (χ2n) is 11.5. The van der Waals surface area contributed by atoms with Gasteiger partial charge in [-0.2, -0.15) is 0 Å². The number of pyridine rings is 1. The first kappa shape index (κ1) is 25.0. The molecule has 0 N–H and O–H groups in total. The van der Waals surface area contributed by atoms with Gasteiger partial charge in [-0.1, -0.05) is 19.1 Å². The normalized spacial score (nSPS) is 22.6. The number of likely N-dealkylation sites (N-methyl/N-ethyl adjacent to an activating group) is 1. The Balaban J connectivity index is 1.31. The van der Waals surface area contributed by atoms with Crippen molar-refractivity contribution < 1.29 is 4.79 Å². The molecular weight excluding hydrogens is 444 g/mol. The van der Waals surface area contributed by atoms with Crippen molar-refractivity contribution in [3.05, 3.63) is 65.6 Å². The molecule has 5 nitrogen and oxygen atoms in total. The lowest BCUT2D eigenvalue weighted by molar-refractivity contribution is -0.138. The molecule has 5 heteroatoms. The Morgan fingerprint density at radius 3 is 2.67 bits per heavy atom. The number of hydrogen-bond acceptors (Lipinski definition) is 3. The van der Waals surface area contributed by atoms with Crippen molar-refractivity contribution in [2.75, 3.05) is 26.7 Å². The fourth-order valence-corrected chi connectivity index (χ4v) is 6.74. The van der Waals surface area contributed by atoms with Crippen LogP contribution in [0.3, 0.4) is 0 Å². The maximum absolute atomic E-state index is 13.8. The topological polar surface area (TPSA) is 41.4 Å². The predicted molar refractivity (Wildman–Crippen MR) is 147 cm³/mol. The fourth-order valence-electron chi connectivity index (χ4n) is 6.74. The van der Waals surface area contributed by atoms with E-state index in [9.17, 15) is 4.79 Å². The van der Waals surface area contributed by atoms with E-state index in [1.54, 1.807) is 0 Å². The summed E-state index contributed by atoms with van der Waals surface area (Å²) in [6.45, 7) is 11.4. The molecule has 1 saturated heterocycles. The van der Waals surface area contributed by atoms with Gasteiger partial charge in [0.25, 0.3) is 0 Å². The van der Waals surface area contributed by atoms with Crippen molar-refractivity contribution in [1.29, 1.82) is 0 Å². The number of aryl methyl sites for hydroxylation is 1. The number of likely N-dealkylation sites (tertiary alicyclic amines) is 1. The first-order chi connectivity index (χ1) is 17.4. The number of hydrogen-bond donors (Lipinski definition) is 0. The zero-order chi connectivity index (χ0) is 25.4. The number of benzene rings is 1. The first-order valence-corrected chi connectivity index (χ1v) is 13.9. The number of fused-ring (bicyclic) bond motifs is 2. The van der Waals surface area contributed by atoms with Crippen molar-refractivity contribution in [2.24, 2.45) is 11.8 Å². The quantitative estimate of drug-likeness (QED) is 0.410. The number of aromatic nitrogens is 2. The van der Waals surface area contributed by atoms with E-state index in [-0.39, 0.29) is 5.92 Å². The maximum Gasteiger partial charge on any atom is 0.226 e. The minimum absolute atomic E-state index is 0.0626. The van der Waals surface area contributed by atoms with Gasteiger partial charge >= 0.3 is 0 Å². The van der Waals surface area contributed by atoms with Crippen LogP contribution in [-0.4, -0.2) is 58.0 Å². The standard InChI is InChI=1S/C31H42N4O/c1-6-34(18-22(4)10-11-23-12-14-32-15-13-23)31(36)25-16-27-26-8-7-9-28-30(26)24(20-35(28)21(2)3)17-29(27)33(5)19-25/h7-9,12-15,20-22,25,27,29H,6,10-11,16-19H2,1-5H3/t22?,25-,27-,29-/m1/s1. The molecule has 1 unspecified atom stereocenters. The Morgan fingerprint density at radius 1 is 1.17 bits per heavy atom. The van der Waals surface area contributed by atoms with Gasteiger partial charge in [0.15, 0.2) is 0 Å². The Hall–Kier alpha value is -2.66. The minimum Gasteiger partial charge on any atom is -0.345 e. The highest BCUT2D eigenvalue weighted by Crippen LogP contribution is 2.45. The molecule has 3 aromatic rings. The summed E-state index contributed by atoms with van der Waals surface area (Å²) < 4.78 is 2.43. The Labute approximate surface area is 216 Å². The van der Waals surface area contributed by atoms with Gasteiger partial charge in [-0.15, -0.1) is 0 Å². The summed E-state index contributed by atoms with van der Waals surface area (Å²) >= 11 is 0. The van der Waals surface area contributed by atoms with Crippen LogP contribution in [0.5, 0.6) is 0 Å². The van der Waals surface area contributed by atoms with Gasteiger partial charge in [-0.3, -0.25) is 9.78 Å². The fraction of sp³-hybridized carbons (Fsp3) is 0.548. The first-order valence-electron chi connectivity index (χ1n) is 13.9. The van der Waals surface area contributed by atoms with E-state index in [1.165, 1.54) is 27.6 Å². The van der Waals surface area contributed by atoms with Crippen LogP contribution in [0.25, 0.3) is 10.9 Å². The average molecular weight is 487 g/mol. The van der Waals surface area contributed by atoms with Crippen LogP contribution >= 0.6 is 0 Å². The molecule has 1 aliphatic heterocycles. The Morgan fingerprint density at radius 2 is 1.94 bits per heavy atom. The average Bonchev–Trinajstić information content (AvgIpc) is 3.27. The number of piperidine rings is 1. The van der Waals surface area contributed by atoms with E-state index in [2.05, 4.69) is 90.6 Å². The lowest BCUT2D eigenvalue weighted by Crippen LogP contribution is -2.52. The van der Waals surface area contributed by atoms with Gasteiger partial charge in [0.05, 0.1) is 5.92 Å². The second-order valence-corrected chi connectivity index (χ2v) is 11.5. The Bertz CT molecular complexity index is 1200. The summed E-state index contributed by atoms with van der Waals surface area (Å²) in [7, 11) is 2.23. The summed E-state index contributed by atoms with van der Waals surface area (Å²) in [5, 5.41) is 1.45. The molecule has 0 bridgehead atoms. The third kappa shape index (κ3) is 4.70. The van der Waals surface area contributed by atoms with E-state index in [0.717, 1.165) is 45.3 Å². The van der Waals surface area contributed by atoms with E-state index in [0.29, 0.717) is 29.8 Å². The molecule has 0 spiro atoms. The lowest BCUT2D eigenvalue weighted by atomic mass is 9.72. The van der Waals surface area contributed by atoms with Gasteiger partial charge in [0.2, 0.25) is 5.91 Å². The SMILES string of the molecule is CCN(CC(C)CCc1ccncc1)C(=O)[C@@H]1C[C@@H]2c3cccc4c3c(cn4C(C)C)C[C@H]2N(C)C1. The Kier molecular flexibility index (Phi) is 7.21. The monoisotopic (exact) mass is 486 g/mol. The summed E-state index contributed by atoms with van der Waals surface area (Å²) in [6, 6.07) is 11.9. The lowest BCUT2D eigenvalue weighted by Gasteiger charge is -2.46. The van der Waals surface area contributed by atoms with E-state index < -0.39 is 0 Å². The molecule has 5 rings (SSSR count). The van der Waals surface area contributed by atoms with Crippen LogP contribution in [-0.2, 0) is 17.6 Å². The van der Waals surface area contributed by atoms with Gasteiger partial charge < -0.3 is 14.4 Å². The van der Waals surface area contributed by atoms with Gasteiger partial charge in [0.1, 0.15) is 0 Å². The minimum atomic E-state index is 0.0626. The molecule has 192 valence electrons. The summed E-state index contributed by atoms with van der Waals surface area (Å²) in [5.74, 6) is 1.29. The molecule has 1 fully saturated rings. The third-order valence-electron chi connectivity index (χ3n) is 8.68. The third-order valence-corrected chi connectivity index (χ3v) is 8.68. The van der Waals surface area contributed by atoms with Crippen LogP contribution in [0, 0.1) is 11.8 Å². The zero-order valence-electron chi connectivity index (χ0n) is 22.7. The van der Waals surface area contributed by atoms with Crippen molar-refractivity contribution in [2.45, 2.75) is 71.4 Å². The van der Waals surface area contributed by atoms with Crippen LogP contribution in [0.1, 0.15) is 69.2 Å². The molecule has 36 heavy (non-hydrogen) atoms. The molecule has 3 heterocycles. The highest BCUT2D eigenvalue weighted by atomic mass is 16.2.